The largest absolute Gasteiger partial charge is 0.497 e. The Labute approximate surface area is 216 Å². The number of carbonyl (C=O) groups excluding carboxylic acids is 1. The molecule has 2 aliphatic rings. The monoisotopic (exact) mass is 524 g/mol. The third-order valence-electron chi connectivity index (χ3n) is 6.35. The molecule has 0 saturated heterocycles. The van der Waals surface area contributed by atoms with Gasteiger partial charge in [0.2, 0.25) is 0 Å². The molecule has 2 heterocycles. The molecule has 0 unspecified atom stereocenters. The van der Waals surface area contributed by atoms with E-state index < -0.39 is 22.0 Å². The lowest BCUT2D eigenvalue weighted by Crippen LogP contribution is -2.51. The topological polar surface area (TPSA) is 103 Å². The molecule has 1 amide bonds. The van der Waals surface area contributed by atoms with Crippen molar-refractivity contribution in [3.8, 4) is 23.0 Å². The summed E-state index contributed by atoms with van der Waals surface area (Å²) >= 11 is 0. The van der Waals surface area contributed by atoms with Gasteiger partial charge in [0.25, 0.3) is 15.9 Å². The molecule has 0 radical (unpaired) electrons. The Balaban J connectivity index is 1.40. The number of hydrogen-bond acceptors (Lipinski definition) is 7. The lowest BCUT2D eigenvalue weighted by molar-refractivity contribution is -0.128. The van der Waals surface area contributed by atoms with Gasteiger partial charge in [-0.25, -0.2) is 8.42 Å². The summed E-state index contributed by atoms with van der Waals surface area (Å²) in [5.74, 6) is 1.73. The van der Waals surface area contributed by atoms with Crippen LogP contribution in [-0.4, -0.2) is 47.3 Å². The first-order valence-electron chi connectivity index (χ1n) is 11.9. The van der Waals surface area contributed by atoms with E-state index in [0.717, 1.165) is 11.1 Å². The molecule has 0 aliphatic carbocycles. The van der Waals surface area contributed by atoms with Gasteiger partial charge in [-0.15, -0.1) is 0 Å². The van der Waals surface area contributed by atoms with Crippen LogP contribution >= 0.6 is 0 Å². The van der Waals surface area contributed by atoms with E-state index in [2.05, 4.69) is 5.32 Å². The fourth-order valence-electron chi connectivity index (χ4n) is 4.32. The molecular formula is C27H28N2O7S. The van der Waals surface area contributed by atoms with Crippen molar-refractivity contribution >= 4 is 21.6 Å². The van der Waals surface area contributed by atoms with Crippen LogP contribution in [0.3, 0.4) is 0 Å². The van der Waals surface area contributed by atoms with Crippen LogP contribution < -0.4 is 28.6 Å². The van der Waals surface area contributed by atoms with Gasteiger partial charge in [0.15, 0.2) is 17.6 Å². The van der Waals surface area contributed by atoms with Gasteiger partial charge in [0.05, 0.1) is 30.3 Å². The molecule has 10 heteroatoms. The van der Waals surface area contributed by atoms with E-state index in [1.165, 1.54) is 23.5 Å². The average Bonchev–Trinajstić information content (AvgIpc) is 2.91. The zero-order chi connectivity index (χ0) is 26.2. The zero-order valence-corrected chi connectivity index (χ0v) is 21.6. The highest BCUT2D eigenvalue weighted by Gasteiger charge is 2.38. The number of amides is 1. The summed E-state index contributed by atoms with van der Waals surface area (Å²) in [5.41, 5.74) is 2.09. The summed E-state index contributed by atoms with van der Waals surface area (Å²) in [5, 5.41) is 2.95. The van der Waals surface area contributed by atoms with Gasteiger partial charge in [-0.2, -0.15) is 0 Å². The number of ether oxygens (including phenoxy) is 4. The van der Waals surface area contributed by atoms with E-state index in [0.29, 0.717) is 41.9 Å². The van der Waals surface area contributed by atoms with Crippen molar-refractivity contribution in [2.75, 3.05) is 31.2 Å². The molecule has 3 aromatic carbocycles. The molecule has 9 nitrogen and oxygen atoms in total. The van der Waals surface area contributed by atoms with Gasteiger partial charge in [-0.3, -0.25) is 9.10 Å². The summed E-state index contributed by atoms with van der Waals surface area (Å²) < 4.78 is 50.9. The number of sulfonamides is 1. The van der Waals surface area contributed by atoms with Crippen LogP contribution in [0.5, 0.6) is 23.0 Å². The van der Waals surface area contributed by atoms with Crippen LogP contribution in [0.4, 0.5) is 5.69 Å². The summed E-state index contributed by atoms with van der Waals surface area (Å²) in [7, 11) is -2.47. The Morgan fingerprint density at radius 3 is 2.46 bits per heavy atom. The van der Waals surface area contributed by atoms with E-state index >= 15 is 0 Å². The van der Waals surface area contributed by atoms with Crippen molar-refractivity contribution < 1.29 is 32.2 Å². The molecular weight excluding hydrogens is 496 g/mol. The first-order chi connectivity index (χ1) is 17.8. The van der Waals surface area contributed by atoms with E-state index in [9.17, 15) is 13.2 Å². The van der Waals surface area contributed by atoms with Crippen molar-refractivity contribution in [3.05, 3.63) is 71.8 Å². The van der Waals surface area contributed by atoms with Crippen LogP contribution in [0, 0.1) is 6.92 Å². The average molecular weight is 525 g/mol. The number of fused-ring (bicyclic) bond motifs is 2. The van der Waals surface area contributed by atoms with Gasteiger partial charge in [0.1, 0.15) is 24.7 Å². The molecule has 0 saturated carbocycles. The normalized spacial score (nSPS) is 17.3. The number of nitrogens with one attached hydrogen (secondary N) is 1. The zero-order valence-electron chi connectivity index (χ0n) is 20.8. The molecule has 2 atom stereocenters. The molecule has 37 heavy (non-hydrogen) atoms. The van der Waals surface area contributed by atoms with Crippen molar-refractivity contribution in [1.82, 2.24) is 5.32 Å². The molecule has 0 bridgehead atoms. The minimum Gasteiger partial charge on any atom is -0.497 e. The van der Waals surface area contributed by atoms with Gasteiger partial charge < -0.3 is 24.3 Å². The third-order valence-corrected chi connectivity index (χ3v) is 8.14. The number of benzene rings is 3. The SMILES string of the molecule is COc1ccc(S(=O)(=O)N2C[C@H](C(=O)N[C@H](C)c3ccc4c(c3)OCCO4)Oc3cc(C)ccc32)cc1. The number of anilines is 1. The van der Waals surface area contributed by atoms with E-state index in [1.807, 2.05) is 38.1 Å². The first kappa shape index (κ1) is 24.8. The lowest BCUT2D eigenvalue weighted by atomic mass is 10.1. The fraction of sp³-hybridized carbons (Fsp3) is 0.296. The Morgan fingerprint density at radius 1 is 1.00 bits per heavy atom. The van der Waals surface area contributed by atoms with Crippen LogP contribution in [0.2, 0.25) is 0 Å². The number of rotatable bonds is 6. The van der Waals surface area contributed by atoms with E-state index in [1.54, 1.807) is 24.3 Å². The highest BCUT2D eigenvalue weighted by atomic mass is 32.2. The molecule has 2 aliphatic heterocycles. The van der Waals surface area contributed by atoms with Crippen molar-refractivity contribution in [2.45, 2.75) is 30.9 Å². The number of aryl methyl sites for hydroxylation is 1. The van der Waals surface area contributed by atoms with E-state index in [-0.39, 0.29) is 17.5 Å². The molecule has 3 aromatic rings. The van der Waals surface area contributed by atoms with E-state index in [4.69, 9.17) is 18.9 Å². The van der Waals surface area contributed by atoms with Crippen molar-refractivity contribution in [3.63, 3.8) is 0 Å². The van der Waals surface area contributed by atoms with Crippen molar-refractivity contribution in [2.24, 2.45) is 0 Å². The maximum atomic E-state index is 13.7. The summed E-state index contributed by atoms with van der Waals surface area (Å²) in [6.45, 7) is 4.50. The Hall–Kier alpha value is -3.92. The van der Waals surface area contributed by atoms with Gasteiger partial charge in [-0.1, -0.05) is 12.1 Å². The predicted molar refractivity (Wildman–Crippen MR) is 137 cm³/mol. The van der Waals surface area contributed by atoms with Gasteiger partial charge in [0, 0.05) is 0 Å². The first-order valence-corrected chi connectivity index (χ1v) is 13.3. The third kappa shape index (κ3) is 4.89. The van der Waals surface area contributed by atoms with Crippen LogP contribution in [-0.2, 0) is 14.8 Å². The minimum absolute atomic E-state index is 0.0885. The van der Waals surface area contributed by atoms with Crippen LogP contribution in [0.1, 0.15) is 24.1 Å². The number of nitrogens with zero attached hydrogens (tertiary/aromatic N) is 1. The number of carbonyl (C=O) groups is 1. The minimum atomic E-state index is -3.98. The summed E-state index contributed by atoms with van der Waals surface area (Å²) in [4.78, 5) is 13.4. The maximum Gasteiger partial charge on any atom is 0.264 e. The standard InChI is InChI=1S/C27H28N2O7S/c1-17-4-10-22-24(14-17)36-26(16-29(22)37(31,32)21-8-6-20(33-3)7-9-21)27(30)28-18(2)19-5-11-23-25(15-19)35-13-12-34-23/h4-11,14-15,18,26H,12-13,16H2,1-3H3,(H,28,30)/t18-,26-/m1/s1. The number of methoxy groups -OCH3 is 1. The second kappa shape index (κ2) is 9.85. The molecule has 1 N–H and O–H groups in total. The second-order valence-electron chi connectivity index (χ2n) is 8.92. The maximum absolute atomic E-state index is 13.7. The van der Waals surface area contributed by atoms with Crippen LogP contribution in [0.15, 0.2) is 65.6 Å². The Morgan fingerprint density at radius 2 is 1.73 bits per heavy atom. The highest BCUT2D eigenvalue weighted by molar-refractivity contribution is 7.92. The molecule has 194 valence electrons. The number of hydrogen-bond donors (Lipinski definition) is 1. The van der Waals surface area contributed by atoms with Crippen molar-refractivity contribution in [1.29, 1.82) is 0 Å². The van der Waals surface area contributed by atoms with Gasteiger partial charge in [-0.05, 0) is 73.5 Å². The highest BCUT2D eigenvalue weighted by Crippen LogP contribution is 2.38. The van der Waals surface area contributed by atoms with Gasteiger partial charge >= 0.3 is 0 Å². The molecule has 0 spiro atoms. The lowest BCUT2D eigenvalue weighted by Gasteiger charge is -2.35. The molecule has 0 aromatic heterocycles. The predicted octanol–water partition coefficient (Wildman–Crippen LogP) is 3.61. The summed E-state index contributed by atoms with van der Waals surface area (Å²) in [6.07, 6.45) is -1.05. The second-order valence-corrected chi connectivity index (χ2v) is 10.8. The fourth-order valence-corrected chi connectivity index (χ4v) is 5.80. The molecule has 0 fully saturated rings. The quantitative estimate of drug-likeness (QED) is 0.526. The Bertz CT molecular complexity index is 1420. The van der Waals surface area contributed by atoms with Crippen LogP contribution in [0.25, 0.3) is 0 Å². The Kier molecular flexibility index (Phi) is 6.59. The smallest absolute Gasteiger partial charge is 0.264 e. The summed E-state index contributed by atoms with van der Waals surface area (Å²) in [6, 6.07) is 16.5. The molecule has 5 rings (SSSR count).